The average molecular weight is 1010 g/mol. The fourth-order valence-electron chi connectivity index (χ4n) is 9.00. The van der Waals surface area contributed by atoms with Crippen LogP contribution >= 0.6 is 0 Å². The van der Waals surface area contributed by atoms with Gasteiger partial charge in [-0.15, -0.1) is 0 Å². The molecule has 382 valence electrons. The number of benzene rings is 6. The van der Waals surface area contributed by atoms with Gasteiger partial charge in [0.2, 0.25) is 0 Å². The number of nitro groups is 2. The van der Waals surface area contributed by atoms with Gasteiger partial charge in [-0.3, -0.25) is 40.0 Å². The number of rotatable bonds is 13. The van der Waals surface area contributed by atoms with Crippen LogP contribution in [-0.4, -0.2) is 101 Å². The Bertz CT molecular complexity index is 3360. The number of non-ortho nitro benzene ring substituents is 2. The fraction of sp³-hybridized carbons (Fsp3) is 0.214. The number of amides is 4. The van der Waals surface area contributed by atoms with Crippen LogP contribution in [0.25, 0.3) is 43.8 Å². The van der Waals surface area contributed by atoms with Crippen LogP contribution in [0, 0.1) is 27.2 Å². The number of nitro benzene ring substituents is 2. The molecule has 0 atom stereocenters. The Kier molecular flexibility index (Phi) is 16.2. The number of ether oxygens (including phenoxy) is 3. The number of carbonyl (C=O) groups excluding carboxylic acids is 2. The highest BCUT2D eigenvalue weighted by molar-refractivity contribution is 6.11. The number of anilines is 4. The molecular weight excluding hydrogens is 957 g/mol. The Morgan fingerprint density at radius 2 is 0.960 bits per heavy atom. The molecule has 19 heteroatoms. The summed E-state index contributed by atoms with van der Waals surface area (Å²) in [6.45, 7) is 9.99. The van der Waals surface area contributed by atoms with Gasteiger partial charge in [0.05, 0.1) is 77.9 Å². The predicted octanol–water partition coefficient (Wildman–Crippen LogP) is 10.9. The normalized spacial score (nSPS) is 13.8. The molecule has 6 aromatic carbocycles. The van der Waals surface area contributed by atoms with Gasteiger partial charge in [0.15, 0.2) is 0 Å². The summed E-state index contributed by atoms with van der Waals surface area (Å²) >= 11 is 0. The van der Waals surface area contributed by atoms with E-state index in [1.54, 1.807) is 6.92 Å². The van der Waals surface area contributed by atoms with Gasteiger partial charge >= 0.3 is 12.1 Å². The summed E-state index contributed by atoms with van der Waals surface area (Å²) in [4.78, 5) is 60.7. The molecule has 4 heterocycles. The molecule has 0 aliphatic carbocycles. The van der Waals surface area contributed by atoms with E-state index in [1.807, 2.05) is 85.2 Å². The second-order valence-electron chi connectivity index (χ2n) is 17.8. The number of hydrogen-bond donors (Lipinski definition) is 4. The van der Waals surface area contributed by atoms with Crippen LogP contribution in [0.15, 0.2) is 146 Å². The number of aryl methyl sites for hydroxylation is 1. The SMILES string of the molecule is COc1cc([N+](=O)[O-])ccc1NC(=O)Nc1ccc(-c2ccc(CN3CCOCC3)nc2)c2ccccc12.Cc1cc([N+](=O)[O-])ccc1NC(=O)Nc1ccc(-c2ccc(CN3CCOCC3)nc2)c2ccccc12. The van der Waals surface area contributed by atoms with Gasteiger partial charge < -0.3 is 35.5 Å². The van der Waals surface area contributed by atoms with E-state index in [0.717, 1.165) is 121 Å². The first kappa shape index (κ1) is 51.0. The third kappa shape index (κ3) is 12.7. The first-order valence-electron chi connectivity index (χ1n) is 24.3. The Labute approximate surface area is 431 Å². The standard InChI is InChI=1S/C28H27N5O5.C28H27N5O4/c1-37-27-16-21(33(35)36)8-10-26(27)31-28(34)30-25-11-9-22(23-4-2-3-5-24(23)25)19-6-7-20(29-17-19)18-32-12-14-38-15-13-32;1-19-16-22(33(35)36)8-10-26(19)30-28(34)31-27-11-9-23(24-4-2-3-5-25(24)27)20-6-7-21(29-17-20)18-32-12-14-37-15-13-32/h2-11,16-17H,12-15,18H2,1H3,(H2,30,31,34);2-11,16-17H,12-15,18H2,1H3,(H2,30,31,34). The third-order valence-corrected chi connectivity index (χ3v) is 12.9. The van der Waals surface area contributed by atoms with Gasteiger partial charge in [0.1, 0.15) is 5.75 Å². The smallest absolute Gasteiger partial charge is 0.323 e. The lowest BCUT2D eigenvalue weighted by atomic mass is 9.98. The van der Waals surface area contributed by atoms with Crippen LogP contribution in [0.1, 0.15) is 17.0 Å². The summed E-state index contributed by atoms with van der Waals surface area (Å²) in [6, 6.07) is 39.1. The lowest BCUT2D eigenvalue weighted by Crippen LogP contribution is -2.35. The molecule has 0 saturated carbocycles. The van der Waals surface area contributed by atoms with Crippen molar-refractivity contribution in [2.45, 2.75) is 20.0 Å². The minimum absolute atomic E-state index is 0.0198. The largest absolute Gasteiger partial charge is 0.494 e. The molecule has 2 aliphatic heterocycles. The lowest BCUT2D eigenvalue weighted by molar-refractivity contribution is -0.385. The van der Waals surface area contributed by atoms with Crippen molar-refractivity contribution in [3.8, 4) is 28.0 Å². The van der Waals surface area contributed by atoms with E-state index < -0.39 is 21.9 Å². The van der Waals surface area contributed by atoms with E-state index >= 15 is 0 Å². The lowest BCUT2D eigenvalue weighted by Gasteiger charge is -2.26. The van der Waals surface area contributed by atoms with Gasteiger partial charge in [-0.1, -0.05) is 72.8 Å². The quantitative estimate of drug-likeness (QED) is 0.0623. The summed E-state index contributed by atoms with van der Waals surface area (Å²) < 4.78 is 16.1. The highest BCUT2D eigenvalue weighted by Crippen LogP contribution is 2.36. The molecule has 0 unspecified atom stereocenters. The number of methoxy groups -OCH3 is 1. The summed E-state index contributed by atoms with van der Waals surface area (Å²) in [7, 11) is 1.39. The zero-order valence-corrected chi connectivity index (χ0v) is 41.3. The second kappa shape index (κ2) is 23.8. The van der Waals surface area contributed by atoms with Crippen LogP contribution < -0.4 is 26.0 Å². The van der Waals surface area contributed by atoms with E-state index in [1.165, 1.54) is 43.5 Å². The van der Waals surface area contributed by atoms with Crippen molar-refractivity contribution in [2.75, 3.05) is 81.0 Å². The third-order valence-electron chi connectivity index (χ3n) is 12.9. The second-order valence-corrected chi connectivity index (χ2v) is 17.8. The molecule has 10 rings (SSSR count). The minimum Gasteiger partial charge on any atom is -0.494 e. The maximum absolute atomic E-state index is 12.8. The molecule has 4 amide bonds. The van der Waals surface area contributed by atoms with E-state index in [4.69, 9.17) is 24.2 Å². The predicted molar refractivity (Wildman–Crippen MR) is 289 cm³/mol. The molecule has 4 N–H and O–H groups in total. The Morgan fingerprint density at radius 3 is 1.39 bits per heavy atom. The van der Waals surface area contributed by atoms with Crippen molar-refractivity contribution in [3.05, 3.63) is 183 Å². The summed E-state index contributed by atoms with van der Waals surface area (Å²) in [5, 5.41) is 37.0. The Morgan fingerprint density at radius 1 is 0.547 bits per heavy atom. The molecule has 8 aromatic rings. The number of pyridine rings is 2. The number of urea groups is 2. The number of fused-ring (bicyclic) bond motifs is 2. The van der Waals surface area contributed by atoms with Crippen molar-refractivity contribution in [1.29, 1.82) is 0 Å². The molecular formula is C56H54N10O9. The molecule has 2 saturated heterocycles. The first-order chi connectivity index (χ1) is 36.5. The summed E-state index contributed by atoms with van der Waals surface area (Å²) in [5.74, 6) is 0.194. The van der Waals surface area contributed by atoms with Crippen molar-refractivity contribution in [3.63, 3.8) is 0 Å². The summed E-state index contributed by atoms with van der Waals surface area (Å²) in [5.41, 5.74) is 8.62. The van der Waals surface area contributed by atoms with Crippen molar-refractivity contribution in [2.24, 2.45) is 0 Å². The highest BCUT2D eigenvalue weighted by atomic mass is 16.6. The number of aromatic nitrogens is 2. The molecule has 2 aliphatic rings. The first-order valence-corrected chi connectivity index (χ1v) is 24.3. The summed E-state index contributed by atoms with van der Waals surface area (Å²) in [6.07, 6.45) is 3.78. The van der Waals surface area contributed by atoms with Crippen LogP contribution in [0.4, 0.5) is 43.7 Å². The molecule has 2 aromatic heterocycles. The number of carbonyl (C=O) groups is 2. The molecule has 19 nitrogen and oxygen atoms in total. The van der Waals surface area contributed by atoms with Crippen molar-refractivity contribution >= 4 is 67.7 Å². The van der Waals surface area contributed by atoms with Crippen LogP contribution in [-0.2, 0) is 22.6 Å². The van der Waals surface area contributed by atoms with E-state index in [9.17, 15) is 29.8 Å². The maximum Gasteiger partial charge on any atom is 0.323 e. The molecule has 2 fully saturated rings. The Balaban J connectivity index is 0.000000184. The molecule has 75 heavy (non-hydrogen) atoms. The number of nitrogens with zero attached hydrogens (tertiary/aromatic N) is 6. The zero-order chi connectivity index (χ0) is 52.3. The van der Waals surface area contributed by atoms with E-state index in [2.05, 4.69) is 55.3 Å². The number of hydrogen-bond acceptors (Lipinski definition) is 13. The van der Waals surface area contributed by atoms with Crippen molar-refractivity contribution in [1.82, 2.24) is 19.8 Å². The van der Waals surface area contributed by atoms with Crippen molar-refractivity contribution < 1.29 is 33.6 Å². The molecule has 0 bridgehead atoms. The number of morpholine rings is 2. The topological polar surface area (TPSA) is 228 Å². The molecule has 0 radical (unpaired) electrons. The zero-order valence-electron chi connectivity index (χ0n) is 41.3. The van der Waals surface area contributed by atoms with E-state index in [0.29, 0.717) is 28.3 Å². The maximum atomic E-state index is 12.8. The van der Waals surface area contributed by atoms with Gasteiger partial charge in [-0.2, -0.15) is 0 Å². The van der Waals surface area contributed by atoms with Crippen LogP contribution in [0.5, 0.6) is 5.75 Å². The Hall–Kier alpha value is -8.88. The monoisotopic (exact) mass is 1010 g/mol. The molecule has 0 spiro atoms. The van der Waals surface area contributed by atoms with Gasteiger partial charge in [0, 0.05) is 97.4 Å². The van der Waals surface area contributed by atoms with Gasteiger partial charge in [0.25, 0.3) is 11.4 Å². The van der Waals surface area contributed by atoms with Crippen LogP contribution in [0.3, 0.4) is 0 Å². The van der Waals surface area contributed by atoms with E-state index in [-0.39, 0.29) is 17.1 Å². The van der Waals surface area contributed by atoms with Gasteiger partial charge in [-0.25, -0.2) is 9.59 Å². The average Bonchev–Trinajstić information content (AvgIpc) is 3.43. The minimum atomic E-state index is -0.521. The number of nitrogens with one attached hydrogen (secondary N) is 4. The van der Waals surface area contributed by atoms with Gasteiger partial charge in [-0.05, 0) is 70.8 Å². The van der Waals surface area contributed by atoms with Crippen LogP contribution in [0.2, 0.25) is 0 Å². The fourth-order valence-corrected chi connectivity index (χ4v) is 9.00. The highest BCUT2D eigenvalue weighted by Gasteiger charge is 2.18.